The van der Waals surface area contributed by atoms with E-state index in [1.807, 2.05) is 0 Å². The van der Waals surface area contributed by atoms with E-state index < -0.39 is 11.9 Å². The van der Waals surface area contributed by atoms with E-state index >= 15 is 0 Å². The summed E-state index contributed by atoms with van der Waals surface area (Å²) in [6, 6.07) is 5.89. The second-order valence-electron chi connectivity index (χ2n) is 3.03. The number of rotatable bonds is 1. The number of nitrogens with zero attached hydrogens (tertiary/aromatic N) is 1. The Morgan fingerprint density at radius 3 is 2.31 bits per heavy atom. The molecule has 0 bridgehead atoms. The molecule has 2 nitrogen and oxygen atoms in total. The number of aromatic nitrogens is 1. The van der Waals surface area contributed by atoms with Crippen LogP contribution in [0.1, 0.15) is 5.76 Å². The quantitative estimate of drug-likeness (QED) is 0.761. The fraction of sp³-hybridized carbons (Fsp3) is 0.100. The van der Waals surface area contributed by atoms with Crippen LogP contribution >= 0.6 is 11.6 Å². The highest BCUT2D eigenvalue weighted by atomic mass is 35.5. The Kier molecular flexibility index (Phi) is 2.63. The molecule has 2 aromatic rings. The zero-order valence-corrected chi connectivity index (χ0v) is 8.51. The Bertz CT molecular complexity index is 490. The van der Waals surface area contributed by atoms with E-state index in [-0.39, 0.29) is 5.69 Å². The Labute approximate surface area is 93.7 Å². The molecule has 1 aromatic carbocycles. The van der Waals surface area contributed by atoms with Crippen LogP contribution in [0, 0.1) is 0 Å². The molecule has 0 spiro atoms. The lowest BCUT2D eigenvalue weighted by atomic mass is 10.1. The predicted octanol–water partition coefficient (Wildman–Crippen LogP) is 4.01. The minimum atomic E-state index is -4.55. The van der Waals surface area contributed by atoms with Crippen LogP contribution in [0.5, 0.6) is 0 Å². The number of benzene rings is 1. The number of halogens is 4. The molecule has 84 valence electrons. The van der Waals surface area contributed by atoms with E-state index in [1.165, 1.54) is 24.3 Å². The van der Waals surface area contributed by atoms with Crippen molar-refractivity contribution in [3.8, 4) is 11.3 Å². The highest BCUT2D eigenvalue weighted by molar-refractivity contribution is 6.30. The van der Waals surface area contributed by atoms with Gasteiger partial charge in [-0.05, 0) is 12.1 Å². The Hall–Kier alpha value is -1.49. The van der Waals surface area contributed by atoms with E-state index in [2.05, 4.69) is 9.40 Å². The second kappa shape index (κ2) is 3.83. The molecule has 0 atom stereocenters. The molecule has 0 saturated carbocycles. The van der Waals surface area contributed by atoms with Gasteiger partial charge in [0.05, 0.1) is 0 Å². The van der Waals surface area contributed by atoms with Crippen LogP contribution in [0.15, 0.2) is 35.1 Å². The summed E-state index contributed by atoms with van der Waals surface area (Å²) >= 11 is 5.64. The maximum absolute atomic E-state index is 12.5. The smallest absolute Gasteiger partial charge is 0.438 e. The van der Waals surface area contributed by atoms with Crippen LogP contribution in [-0.2, 0) is 6.18 Å². The Morgan fingerprint density at radius 2 is 1.75 bits per heavy atom. The maximum atomic E-state index is 12.5. The molecule has 0 aliphatic rings. The van der Waals surface area contributed by atoms with Crippen molar-refractivity contribution in [2.24, 2.45) is 0 Å². The van der Waals surface area contributed by atoms with E-state index in [0.29, 0.717) is 10.6 Å². The van der Waals surface area contributed by atoms with Crippen LogP contribution < -0.4 is 0 Å². The third-order valence-corrected chi connectivity index (χ3v) is 2.19. The fourth-order valence-corrected chi connectivity index (χ4v) is 1.39. The van der Waals surface area contributed by atoms with Crippen LogP contribution in [0.4, 0.5) is 13.2 Å². The summed E-state index contributed by atoms with van der Waals surface area (Å²) in [6.45, 7) is 0. The zero-order chi connectivity index (χ0) is 11.8. The zero-order valence-electron chi connectivity index (χ0n) is 7.75. The largest absolute Gasteiger partial charge is 0.451 e. The number of oxazole rings is 1. The van der Waals surface area contributed by atoms with Crippen molar-refractivity contribution >= 4 is 11.6 Å². The molecule has 0 unspecified atom stereocenters. The van der Waals surface area contributed by atoms with Gasteiger partial charge in [0.2, 0.25) is 5.76 Å². The molecule has 0 amide bonds. The van der Waals surface area contributed by atoms with Crippen LogP contribution in [0.25, 0.3) is 11.3 Å². The van der Waals surface area contributed by atoms with Gasteiger partial charge in [-0.1, -0.05) is 23.7 Å². The van der Waals surface area contributed by atoms with Crippen molar-refractivity contribution in [2.45, 2.75) is 6.18 Å². The van der Waals surface area contributed by atoms with Gasteiger partial charge in [0.1, 0.15) is 5.69 Å². The molecule has 6 heteroatoms. The molecule has 1 aromatic heterocycles. The van der Waals surface area contributed by atoms with Crippen molar-refractivity contribution in [3.05, 3.63) is 41.4 Å². The van der Waals surface area contributed by atoms with Gasteiger partial charge in [-0.3, -0.25) is 0 Å². The normalized spacial score (nSPS) is 11.8. The molecule has 1 heterocycles. The average molecular weight is 248 g/mol. The van der Waals surface area contributed by atoms with Crippen LogP contribution in [0.3, 0.4) is 0 Å². The summed E-state index contributed by atoms with van der Waals surface area (Å²) in [5.41, 5.74) is 0.0784. The lowest BCUT2D eigenvalue weighted by Crippen LogP contribution is -2.05. The summed E-state index contributed by atoms with van der Waals surface area (Å²) in [5, 5.41) is 0.445. The van der Waals surface area contributed by atoms with Crippen molar-refractivity contribution in [1.29, 1.82) is 0 Å². The predicted molar refractivity (Wildman–Crippen MR) is 52.0 cm³/mol. The van der Waals surface area contributed by atoms with E-state index in [4.69, 9.17) is 11.6 Å². The highest BCUT2D eigenvalue weighted by Gasteiger charge is 2.38. The van der Waals surface area contributed by atoms with Crippen molar-refractivity contribution in [1.82, 2.24) is 4.98 Å². The highest BCUT2D eigenvalue weighted by Crippen LogP contribution is 2.36. The Morgan fingerprint density at radius 1 is 1.12 bits per heavy atom. The fourth-order valence-electron chi connectivity index (χ4n) is 1.26. The van der Waals surface area contributed by atoms with Gasteiger partial charge >= 0.3 is 6.18 Å². The summed E-state index contributed by atoms with van der Waals surface area (Å²) in [4.78, 5) is 3.55. The van der Waals surface area contributed by atoms with Crippen molar-refractivity contribution < 1.29 is 17.6 Å². The van der Waals surface area contributed by atoms with Crippen LogP contribution in [0.2, 0.25) is 5.02 Å². The minimum Gasteiger partial charge on any atom is -0.438 e. The molecular weight excluding hydrogens is 243 g/mol. The number of hydrogen-bond donors (Lipinski definition) is 0. The number of hydrogen-bond acceptors (Lipinski definition) is 2. The van der Waals surface area contributed by atoms with Crippen molar-refractivity contribution in [2.75, 3.05) is 0 Å². The third kappa shape index (κ3) is 2.04. The molecule has 0 saturated heterocycles. The third-order valence-electron chi connectivity index (χ3n) is 1.94. The first-order valence-corrected chi connectivity index (χ1v) is 4.63. The monoisotopic (exact) mass is 247 g/mol. The minimum absolute atomic E-state index is 0.232. The molecule has 0 N–H and O–H groups in total. The molecule has 16 heavy (non-hydrogen) atoms. The molecule has 0 fully saturated rings. The lowest BCUT2D eigenvalue weighted by Gasteiger charge is -2.04. The van der Waals surface area contributed by atoms with Gasteiger partial charge in [-0.15, -0.1) is 0 Å². The van der Waals surface area contributed by atoms with E-state index in [1.54, 1.807) is 0 Å². The van der Waals surface area contributed by atoms with Gasteiger partial charge in [-0.2, -0.15) is 13.2 Å². The first kappa shape index (κ1) is 11.0. The summed E-state index contributed by atoms with van der Waals surface area (Å²) in [6.07, 6.45) is -3.78. The lowest BCUT2D eigenvalue weighted by molar-refractivity contribution is -0.152. The molecule has 0 aliphatic heterocycles. The van der Waals surface area contributed by atoms with Gasteiger partial charge in [-0.25, -0.2) is 4.98 Å². The van der Waals surface area contributed by atoms with E-state index in [0.717, 1.165) is 6.39 Å². The summed E-state index contributed by atoms with van der Waals surface area (Å²) in [5.74, 6) is -1.10. The number of alkyl halides is 3. The van der Waals surface area contributed by atoms with Crippen molar-refractivity contribution in [3.63, 3.8) is 0 Å². The summed E-state index contributed by atoms with van der Waals surface area (Å²) < 4.78 is 41.8. The maximum Gasteiger partial charge on any atom is 0.451 e. The Balaban J connectivity index is 2.49. The molecule has 0 radical (unpaired) electrons. The topological polar surface area (TPSA) is 26.0 Å². The van der Waals surface area contributed by atoms with Gasteiger partial charge < -0.3 is 4.42 Å². The molecule has 2 rings (SSSR count). The molecular formula is C10H5ClF3NO. The standard InChI is InChI=1S/C10H5ClF3NO/c11-7-3-1-6(2-4-7)8-9(10(12,13)14)16-5-15-8/h1-5H. The second-order valence-corrected chi connectivity index (χ2v) is 3.47. The molecule has 0 aliphatic carbocycles. The van der Waals surface area contributed by atoms with E-state index in [9.17, 15) is 13.2 Å². The van der Waals surface area contributed by atoms with Gasteiger partial charge in [0.25, 0.3) is 0 Å². The average Bonchev–Trinajstić information content (AvgIpc) is 2.66. The first-order valence-electron chi connectivity index (χ1n) is 4.25. The van der Waals surface area contributed by atoms with Gasteiger partial charge in [0, 0.05) is 10.6 Å². The van der Waals surface area contributed by atoms with Gasteiger partial charge in [0.15, 0.2) is 6.39 Å². The summed E-state index contributed by atoms with van der Waals surface area (Å²) in [7, 11) is 0. The SMILES string of the molecule is FC(F)(F)c1ocnc1-c1ccc(Cl)cc1. The first-order chi connectivity index (χ1) is 7.48. The van der Waals surface area contributed by atoms with Crippen LogP contribution in [-0.4, -0.2) is 4.98 Å².